The minimum atomic E-state index is -2.75. The van der Waals surface area contributed by atoms with E-state index in [0.29, 0.717) is 5.56 Å². The zero-order valence-corrected chi connectivity index (χ0v) is 8.55. The number of aliphatic carboxylic acids is 1. The smallest absolute Gasteiger partial charge is 0.307 e. The van der Waals surface area contributed by atoms with Gasteiger partial charge in [0.25, 0.3) is 6.43 Å². The van der Waals surface area contributed by atoms with E-state index in [9.17, 15) is 13.6 Å². The number of halogens is 3. The van der Waals surface area contributed by atoms with Crippen LogP contribution in [-0.2, 0) is 11.2 Å². The van der Waals surface area contributed by atoms with Crippen molar-refractivity contribution in [2.75, 3.05) is 0 Å². The van der Waals surface area contributed by atoms with Crippen molar-refractivity contribution in [1.29, 1.82) is 0 Å². The van der Waals surface area contributed by atoms with Crippen LogP contribution in [0.1, 0.15) is 23.4 Å². The number of aryl methyl sites for hydroxylation is 1. The van der Waals surface area contributed by atoms with Gasteiger partial charge in [0, 0.05) is 5.69 Å². The summed E-state index contributed by atoms with van der Waals surface area (Å²) in [5, 5.41) is 8.34. The van der Waals surface area contributed by atoms with Crippen molar-refractivity contribution in [1.82, 2.24) is 4.98 Å². The third-order valence-electron chi connectivity index (χ3n) is 1.85. The summed E-state index contributed by atoms with van der Waals surface area (Å²) < 4.78 is 24.7. The van der Waals surface area contributed by atoms with E-state index >= 15 is 0 Å². The van der Waals surface area contributed by atoms with Gasteiger partial charge in [-0.2, -0.15) is 0 Å². The molecule has 0 aromatic carbocycles. The Morgan fingerprint density at radius 1 is 1.67 bits per heavy atom. The number of rotatable bonds is 3. The first-order valence-electron chi connectivity index (χ1n) is 4.07. The molecule has 0 unspecified atom stereocenters. The zero-order chi connectivity index (χ0) is 11.6. The Bertz CT molecular complexity index is 396. The maximum absolute atomic E-state index is 12.3. The maximum Gasteiger partial charge on any atom is 0.307 e. The summed E-state index contributed by atoms with van der Waals surface area (Å²) in [6, 6.07) is 1.22. The maximum atomic E-state index is 12.3. The Morgan fingerprint density at radius 2 is 2.27 bits per heavy atom. The largest absolute Gasteiger partial charge is 0.481 e. The van der Waals surface area contributed by atoms with E-state index in [-0.39, 0.29) is 17.1 Å². The van der Waals surface area contributed by atoms with Gasteiger partial charge in [-0.25, -0.2) is 8.78 Å². The lowest BCUT2D eigenvalue weighted by atomic mass is 10.1. The lowest BCUT2D eigenvalue weighted by Gasteiger charge is -2.07. The lowest BCUT2D eigenvalue weighted by molar-refractivity contribution is -0.136. The molecular formula is C9H8ClF2NO2. The molecule has 1 N–H and O–H groups in total. The van der Waals surface area contributed by atoms with Crippen molar-refractivity contribution in [2.45, 2.75) is 19.8 Å². The van der Waals surface area contributed by atoms with Gasteiger partial charge in [-0.1, -0.05) is 11.6 Å². The number of carboxylic acid groups (broad SMARTS) is 1. The van der Waals surface area contributed by atoms with Gasteiger partial charge in [-0.3, -0.25) is 9.78 Å². The van der Waals surface area contributed by atoms with Gasteiger partial charge in [0.1, 0.15) is 5.69 Å². The quantitative estimate of drug-likeness (QED) is 0.876. The van der Waals surface area contributed by atoms with Crippen LogP contribution >= 0.6 is 11.6 Å². The summed E-state index contributed by atoms with van der Waals surface area (Å²) in [6.45, 7) is 1.47. The van der Waals surface area contributed by atoms with E-state index in [1.807, 2.05) is 0 Å². The monoisotopic (exact) mass is 235 g/mol. The highest BCUT2D eigenvalue weighted by Gasteiger charge is 2.17. The van der Waals surface area contributed by atoms with Crippen LogP contribution in [0.15, 0.2) is 6.07 Å². The van der Waals surface area contributed by atoms with E-state index in [1.54, 1.807) is 0 Å². The van der Waals surface area contributed by atoms with Crippen LogP contribution < -0.4 is 0 Å². The molecule has 3 nitrogen and oxygen atoms in total. The summed E-state index contributed by atoms with van der Waals surface area (Å²) in [7, 11) is 0. The first-order chi connectivity index (χ1) is 6.91. The van der Waals surface area contributed by atoms with E-state index < -0.39 is 18.1 Å². The Balaban J connectivity index is 3.13. The van der Waals surface area contributed by atoms with Gasteiger partial charge in [0.05, 0.1) is 11.4 Å². The number of carbonyl (C=O) groups is 1. The standard InChI is InChI=1S/C9H8ClF2NO2/c1-4-5(3-7(14)15)2-6(10)8(13-4)9(11)12/h2,9H,3H2,1H3,(H,14,15). The Labute approximate surface area is 89.7 Å². The fraction of sp³-hybridized carbons (Fsp3) is 0.333. The van der Waals surface area contributed by atoms with E-state index in [4.69, 9.17) is 16.7 Å². The number of nitrogens with zero attached hydrogens (tertiary/aromatic N) is 1. The van der Waals surface area contributed by atoms with E-state index in [2.05, 4.69) is 4.98 Å². The molecule has 0 spiro atoms. The molecule has 1 rings (SSSR count). The fourth-order valence-corrected chi connectivity index (χ4v) is 1.39. The van der Waals surface area contributed by atoms with Crippen molar-refractivity contribution in [2.24, 2.45) is 0 Å². The molecule has 0 amide bonds. The van der Waals surface area contributed by atoms with Gasteiger partial charge in [-0.15, -0.1) is 0 Å². The zero-order valence-electron chi connectivity index (χ0n) is 7.80. The molecule has 0 fully saturated rings. The minimum Gasteiger partial charge on any atom is -0.481 e. The number of hydrogen-bond donors (Lipinski definition) is 1. The molecule has 1 aromatic heterocycles. The van der Waals surface area contributed by atoms with E-state index in [0.717, 1.165) is 0 Å². The molecule has 15 heavy (non-hydrogen) atoms. The normalized spacial score (nSPS) is 10.7. The average Bonchev–Trinajstić information content (AvgIpc) is 2.09. The van der Waals surface area contributed by atoms with Crippen molar-refractivity contribution in [3.63, 3.8) is 0 Å². The first-order valence-corrected chi connectivity index (χ1v) is 4.45. The molecule has 0 aliphatic heterocycles. The Hall–Kier alpha value is -1.23. The lowest BCUT2D eigenvalue weighted by Crippen LogP contribution is -2.05. The van der Waals surface area contributed by atoms with Crippen molar-refractivity contribution in [3.05, 3.63) is 28.0 Å². The van der Waals surface area contributed by atoms with Crippen LogP contribution in [0.5, 0.6) is 0 Å². The fourth-order valence-electron chi connectivity index (χ4n) is 1.13. The number of aromatic nitrogens is 1. The minimum absolute atomic E-state index is 0.202. The molecule has 0 atom stereocenters. The Kier molecular flexibility index (Phi) is 3.57. The molecule has 0 aliphatic rings. The van der Waals surface area contributed by atoms with Gasteiger partial charge < -0.3 is 5.11 Å². The van der Waals surface area contributed by atoms with Crippen LogP contribution in [0.3, 0.4) is 0 Å². The number of pyridine rings is 1. The second kappa shape index (κ2) is 4.53. The molecule has 1 aromatic rings. The second-order valence-corrected chi connectivity index (χ2v) is 3.38. The SMILES string of the molecule is Cc1nc(C(F)F)c(Cl)cc1CC(=O)O. The topological polar surface area (TPSA) is 50.2 Å². The predicted octanol–water partition coefficient (Wildman–Crippen LogP) is 2.61. The highest BCUT2D eigenvalue weighted by Crippen LogP contribution is 2.27. The summed E-state index contributed by atoms with van der Waals surface area (Å²) in [4.78, 5) is 14.0. The number of hydrogen-bond acceptors (Lipinski definition) is 2. The van der Waals surface area contributed by atoms with Crippen LogP contribution in [0, 0.1) is 6.92 Å². The molecule has 82 valence electrons. The van der Waals surface area contributed by atoms with Crippen LogP contribution in [0.4, 0.5) is 8.78 Å². The van der Waals surface area contributed by atoms with Crippen LogP contribution in [0.2, 0.25) is 5.02 Å². The molecule has 0 saturated carbocycles. The van der Waals surface area contributed by atoms with Gasteiger partial charge in [0.2, 0.25) is 0 Å². The van der Waals surface area contributed by atoms with Crippen molar-refractivity contribution < 1.29 is 18.7 Å². The van der Waals surface area contributed by atoms with Gasteiger partial charge >= 0.3 is 5.97 Å². The van der Waals surface area contributed by atoms with Crippen LogP contribution in [0.25, 0.3) is 0 Å². The summed E-state index contributed by atoms with van der Waals surface area (Å²) in [5.41, 5.74) is 0.0947. The molecular weight excluding hydrogens is 228 g/mol. The summed E-state index contributed by atoms with van der Waals surface area (Å²) >= 11 is 5.54. The molecule has 1 heterocycles. The first kappa shape index (κ1) is 11.8. The van der Waals surface area contributed by atoms with Crippen LogP contribution in [-0.4, -0.2) is 16.1 Å². The van der Waals surface area contributed by atoms with Crippen molar-refractivity contribution in [3.8, 4) is 0 Å². The summed E-state index contributed by atoms with van der Waals surface area (Å²) in [5.74, 6) is -1.05. The molecule has 6 heteroatoms. The van der Waals surface area contributed by atoms with Gasteiger partial charge in [0.15, 0.2) is 0 Å². The third-order valence-corrected chi connectivity index (χ3v) is 2.15. The van der Waals surface area contributed by atoms with Crippen molar-refractivity contribution >= 4 is 17.6 Å². The third kappa shape index (κ3) is 2.86. The van der Waals surface area contributed by atoms with Gasteiger partial charge in [-0.05, 0) is 18.6 Å². The van der Waals surface area contributed by atoms with E-state index in [1.165, 1.54) is 13.0 Å². The predicted molar refractivity (Wildman–Crippen MR) is 50.3 cm³/mol. The number of alkyl halides is 2. The second-order valence-electron chi connectivity index (χ2n) is 2.97. The molecule has 0 bridgehead atoms. The summed E-state index contributed by atoms with van der Waals surface area (Å²) in [6.07, 6.45) is -3.03. The molecule has 0 aliphatic carbocycles. The molecule has 0 saturated heterocycles. The number of carboxylic acids is 1. The average molecular weight is 236 g/mol. The Morgan fingerprint density at radius 3 is 2.73 bits per heavy atom. The molecule has 0 radical (unpaired) electrons. The highest BCUT2D eigenvalue weighted by molar-refractivity contribution is 6.31. The highest BCUT2D eigenvalue weighted by atomic mass is 35.5.